The minimum atomic E-state index is 0.939. The highest BCUT2D eigenvalue weighted by atomic mass is 15.1. The van der Waals surface area contributed by atoms with E-state index in [1.165, 1.54) is 35.4 Å². The van der Waals surface area contributed by atoms with Crippen LogP contribution in [0, 0.1) is 6.92 Å². The van der Waals surface area contributed by atoms with E-state index in [2.05, 4.69) is 32.4 Å². The van der Waals surface area contributed by atoms with Gasteiger partial charge in [0.25, 0.3) is 0 Å². The number of aryl methyl sites for hydroxylation is 3. The van der Waals surface area contributed by atoms with Gasteiger partial charge < -0.3 is 5.32 Å². The van der Waals surface area contributed by atoms with Crippen LogP contribution in [0.3, 0.4) is 0 Å². The van der Waals surface area contributed by atoms with E-state index in [0.717, 1.165) is 38.0 Å². The number of H-pyrrole nitrogens is 1. The van der Waals surface area contributed by atoms with E-state index in [9.17, 15) is 0 Å². The Bertz CT molecular complexity index is 575. The standard InChI is InChI=1S/C15H21N5/c1-11-12(9-19-20-11)5-4-8-16-15-13-6-2-3-7-14(13)17-10-18-15/h9-10H,2-8H2,1H3,(H,19,20)(H,16,17,18). The van der Waals surface area contributed by atoms with Crippen molar-refractivity contribution in [2.75, 3.05) is 11.9 Å². The Morgan fingerprint density at radius 1 is 1.25 bits per heavy atom. The van der Waals surface area contributed by atoms with Crippen molar-refractivity contribution >= 4 is 5.82 Å². The van der Waals surface area contributed by atoms with Crippen molar-refractivity contribution < 1.29 is 0 Å². The molecule has 0 aromatic carbocycles. The molecule has 0 spiro atoms. The number of fused-ring (bicyclic) bond motifs is 1. The normalized spacial score (nSPS) is 14.1. The highest BCUT2D eigenvalue weighted by Gasteiger charge is 2.14. The van der Waals surface area contributed by atoms with Crippen LogP contribution in [0.2, 0.25) is 0 Å². The maximum Gasteiger partial charge on any atom is 0.132 e. The summed E-state index contributed by atoms with van der Waals surface area (Å²) in [5.41, 5.74) is 5.04. The molecule has 0 atom stereocenters. The fourth-order valence-corrected chi connectivity index (χ4v) is 2.79. The van der Waals surface area contributed by atoms with Crippen LogP contribution in [0.15, 0.2) is 12.5 Å². The van der Waals surface area contributed by atoms with Crippen molar-refractivity contribution in [3.63, 3.8) is 0 Å². The summed E-state index contributed by atoms with van der Waals surface area (Å²) in [5, 5.41) is 10.5. The molecular formula is C15H21N5. The lowest BCUT2D eigenvalue weighted by molar-refractivity contribution is 0.662. The van der Waals surface area contributed by atoms with Crippen molar-refractivity contribution in [1.82, 2.24) is 20.2 Å². The summed E-state index contributed by atoms with van der Waals surface area (Å²) in [6, 6.07) is 0. The van der Waals surface area contributed by atoms with Gasteiger partial charge in [0, 0.05) is 23.5 Å². The summed E-state index contributed by atoms with van der Waals surface area (Å²) in [4.78, 5) is 8.80. The van der Waals surface area contributed by atoms with Gasteiger partial charge in [-0.2, -0.15) is 5.10 Å². The fraction of sp³-hybridized carbons (Fsp3) is 0.533. The van der Waals surface area contributed by atoms with E-state index in [1.54, 1.807) is 6.33 Å². The smallest absolute Gasteiger partial charge is 0.132 e. The van der Waals surface area contributed by atoms with Crippen LogP contribution in [0.4, 0.5) is 5.82 Å². The molecule has 0 bridgehead atoms. The average Bonchev–Trinajstić information content (AvgIpc) is 2.89. The van der Waals surface area contributed by atoms with Gasteiger partial charge in [-0.15, -0.1) is 0 Å². The summed E-state index contributed by atoms with van der Waals surface area (Å²) in [6.07, 6.45) is 10.4. The number of hydrogen-bond acceptors (Lipinski definition) is 4. The predicted octanol–water partition coefficient (Wildman–Crippen LogP) is 2.43. The molecular weight excluding hydrogens is 250 g/mol. The Hall–Kier alpha value is -1.91. The number of aromatic amines is 1. The fourth-order valence-electron chi connectivity index (χ4n) is 2.79. The zero-order valence-electron chi connectivity index (χ0n) is 11.9. The summed E-state index contributed by atoms with van der Waals surface area (Å²) in [5.74, 6) is 1.04. The second-order valence-corrected chi connectivity index (χ2v) is 5.41. The van der Waals surface area contributed by atoms with E-state index in [0.29, 0.717) is 0 Å². The highest BCUT2D eigenvalue weighted by Crippen LogP contribution is 2.24. The third kappa shape index (κ3) is 2.81. The molecule has 0 amide bonds. The van der Waals surface area contributed by atoms with Crippen LogP contribution in [0.5, 0.6) is 0 Å². The minimum absolute atomic E-state index is 0.939. The largest absolute Gasteiger partial charge is 0.370 e. The van der Waals surface area contributed by atoms with E-state index >= 15 is 0 Å². The lowest BCUT2D eigenvalue weighted by atomic mass is 9.96. The van der Waals surface area contributed by atoms with E-state index < -0.39 is 0 Å². The zero-order chi connectivity index (χ0) is 13.8. The summed E-state index contributed by atoms with van der Waals surface area (Å²) in [7, 11) is 0. The van der Waals surface area contributed by atoms with Crippen molar-refractivity contribution in [2.45, 2.75) is 45.4 Å². The second kappa shape index (κ2) is 6.03. The first-order valence-electron chi connectivity index (χ1n) is 7.40. The number of nitrogens with one attached hydrogen (secondary N) is 2. The molecule has 0 saturated heterocycles. The Kier molecular flexibility index (Phi) is 3.95. The summed E-state index contributed by atoms with van der Waals surface area (Å²) < 4.78 is 0. The van der Waals surface area contributed by atoms with Gasteiger partial charge in [-0.3, -0.25) is 5.10 Å². The maximum absolute atomic E-state index is 4.40. The monoisotopic (exact) mass is 271 g/mol. The van der Waals surface area contributed by atoms with Crippen LogP contribution in [0.1, 0.15) is 41.8 Å². The van der Waals surface area contributed by atoms with Crippen molar-refractivity contribution in [1.29, 1.82) is 0 Å². The van der Waals surface area contributed by atoms with Gasteiger partial charge >= 0.3 is 0 Å². The third-order valence-corrected chi connectivity index (χ3v) is 3.97. The molecule has 2 aromatic heterocycles. The van der Waals surface area contributed by atoms with Gasteiger partial charge in [0.2, 0.25) is 0 Å². The minimum Gasteiger partial charge on any atom is -0.370 e. The third-order valence-electron chi connectivity index (χ3n) is 3.97. The quantitative estimate of drug-likeness (QED) is 0.820. The first kappa shape index (κ1) is 13.1. The highest BCUT2D eigenvalue weighted by molar-refractivity contribution is 5.46. The summed E-state index contributed by atoms with van der Waals surface area (Å²) in [6.45, 7) is 3.00. The van der Waals surface area contributed by atoms with Crippen LogP contribution < -0.4 is 5.32 Å². The molecule has 2 N–H and O–H groups in total. The molecule has 0 aliphatic heterocycles. The Labute approximate surface area is 119 Å². The van der Waals surface area contributed by atoms with Gasteiger partial charge in [0.05, 0.1) is 6.20 Å². The molecule has 2 aromatic rings. The molecule has 3 rings (SSSR count). The van der Waals surface area contributed by atoms with Crippen molar-refractivity contribution in [3.05, 3.63) is 35.0 Å². The lowest BCUT2D eigenvalue weighted by Gasteiger charge is -2.17. The summed E-state index contributed by atoms with van der Waals surface area (Å²) >= 11 is 0. The van der Waals surface area contributed by atoms with E-state index in [4.69, 9.17) is 0 Å². The molecule has 20 heavy (non-hydrogen) atoms. The Morgan fingerprint density at radius 2 is 2.15 bits per heavy atom. The van der Waals surface area contributed by atoms with Crippen molar-refractivity contribution in [2.24, 2.45) is 0 Å². The molecule has 0 radical (unpaired) electrons. The number of anilines is 1. The van der Waals surface area contributed by atoms with Crippen LogP contribution in [-0.2, 0) is 19.3 Å². The predicted molar refractivity (Wildman–Crippen MR) is 78.8 cm³/mol. The lowest BCUT2D eigenvalue weighted by Crippen LogP contribution is -2.13. The van der Waals surface area contributed by atoms with Gasteiger partial charge in [0.1, 0.15) is 12.1 Å². The molecule has 0 saturated carbocycles. The number of rotatable bonds is 5. The molecule has 1 aliphatic rings. The maximum atomic E-state index is 4.40. The van der Waals surface area contributed by atoms with E-state index in [1.807, 2.05) is 6.20 Å². The second-order valence-electron chi connectivity index (χ2n) is 5.41. The molecule has 1 aliphatic carbocycles. The van der Waals surface area contributed by atoms with Gasteiger partial charge in [-0.05, 0) is 51.0 Å². The SMILES string of the molecule is Cc1[nH]ncc1CCCNc1ncnc2c1CCCC2. The molecule has 5 nitrogen and oxygen atoms in total. The first-order valence-corrected chi connectivity index (χ1v) is 7.40. The number of aromatic nitrogens is 4. The zero-order valence-corrected chi connectivity index (χ0v) is 11.9. The van der Waals surface area contributed by atoms with Crippen LogP contribution in [-0.4, -0.2) is 26.7 Å². The van der Waals surface area contributed by atoms with E-state index in [-0.39, 0.29) is 0 Å². The molecule has 2 heterocycles. The average molecular weight is 271 g/mol. The first-order chi connectivity index (χ1) is 9.84. The molecule has 106 valence electrons. The van der Waals surface area contributed by atoms with Crippen LogP contribution in [0.25, 0.3) is 0 Å². The molecule has 0 fully saturated rings. The molecule has 5 heteroatoms. The Balaban J connectivity index is 1.55. The number of nitrogens with zero attached hydrogens (tertiary/aromatic N) is 3. The van der Waals surface area contributed by atoms with Gasteiger partial charge in [0.15, 0.2) is 0 Å². The van der Waals surface area contributed by atoms with Gasteiger partial charge in [-0.1, -0.05) is 0 Å². The van der Waals surface area contributed by atoms with Crippen LogP contribution >= 0.6 is 0 Å². The molecule has 0 unspecified atom stereocenters. The number of hydrogen-bond donors (Lipinski definition) is 2. The van der Waals surface area contributed by atoms with Gasteiger partial charge in [-0.25, -0.2) is 9.97 Å². The topological polar surface area (TPSA) is 66.5 Å². The Morgan fingerprint density at radius 3 is 3.00 bits per heavy atom. The van der Waals surface area contributed by atoms with Crippen molar-refractivity contribution in [3.8, 4) is 0 Å².